The molecular weight excluding hydrogens is 1530 g/mol. The summed E-state index contributed by atoms with van der Waals surface area (Å²) in [6.45, 7) is 82.0. The zero-order valence-corrected chi connectivity index (χ0v) is 62.3. The van der Waals surface area contributed by atoms with E-state index in [1.54, 1.807) is 42.5 Å². The van der Waals surface area contributed by atoms with Gasteiger partial charge in [0.05, 0.1) is 146 Å². The van der Waals surface area contributed by atoms with Gasteiger partial charge in [-0.2, -0.15) is 52.6 Å². The fourth-order valence-electron chi connectivity index (χ4n) is 14.9. The molecule has 122 heavy (non-hydrogen) atoms. The summed E-state index contributed by atoms with van der Waals surface area (Å²) in [4.78, 5) is 36.6. The fourth-order valence-corrected chi connectivity index (χ4v) is 14.9. The molecular formula is C98H33F3N20O. The predicted octanol–water partition coefficient (Wildman–Crippen LogP) is 24.1. The highest BCUT2D eigenvalue weighted by molar-refractivity contribution is 6.36. The third-order valence-electron chi connectivity index (χ3n) is 19.9. The second-order valence-electron chi connectivity index (χ2n) is 26.5. The maximum absolute atomic E-state index is 13.2. The number of nitriles is 10. The van der Waals surface area contributed by atoms with Gasteiger partial charge in [-0.3, -0.25) is 9.69 Å². The number of hydrogen-bond donors (Lipinski definition) is 0. The number of allylic oxidation sites excluding steroid dienone is 12. The van der Waals surface area contributed by atoms with Crippen LogP contribution in [0.4, 0.5) is 47.3 Å². The molecule has 0 aromatic heterocycles. The SMILES string of the molecule is [C-]#[N+]C1=C(c2ccc(C)cc2)/C(=C(/C#N)c2cc([N+]#[C-])cc([N+]#[C-])c2)c2cc3c(cc21)/C(=C(\[N+]#[C-])c1cc(C#N)cc(C#N)c1)C(c1ccc(OC(F)(F)F)cc1)=C3C#N.[C-]#[N+]C1=C(c2ccc([N+]#[C-])c([N+]#[C-])c2)/C(=C(/C#N)c2cc([N+]#[C-])cc([N+]#[C-])c2)c2cc3c(cc21)/C(=C(\[N+]#[C-])c1cc(C#N)cc(C#N)c1)C(c1ccc(C#N)c(C#N)c1)=C3C#N. The van der Waals surface area contributed by atoms with Crippen molar-refractivity contribution in [2.45, 2.75) is 13.3 Å². The summed E-state index contributed by atoms with van der Waals surface area (Å²) in [7, 11) is 0. The van der Waals surface area contributed by atoms with Crippen LogP contribution in [0.1, 0.15) is 128 Å². The maximum Gasteiger partial charge on any atom is 0.573 e. The van der Waals surface area contributed by atoms with E-state index in [1.165, 1.54) is 115 Å². The molecule has 4 aliphatic rings. The molecule has 4 aliphatic carbocycles. The van der Waals surface area contributed by atoms with Crippen molar-refractivity contribution in [3.8, 4) is 66.4 Å². The summed E-state index contributed by atoms with van der Waals surface area (Å²) in [5, 5.41) is 103. The second kappa shape index (κ2) is 32.7. The van der Waals surface area contributed by atoms with E-state index in [0.29, 0.717) is 33.4 Å². The van der Waals surface area contributed by atoms with Crippen LogP contribution in [0.5, 0.6) is 5.75 Å². The molecule has 0 saturated carbocycles. The highest BCUT2D eigenvalue weighted by Gasteiger charge is 2.41. The minimum Gasteiger partial charge on any atom is -0.406 e. The Labute approximate surface area is 694 Å². The van der Waals surface area contributed by atoms with E-state index in [4.69, 9.17) is 65.7 Å². The third kappa shape index (κ3) is 14.0. The first-order valence-corrected chi connectivity index (χ1v) is 35.0. The molecule has 0 spiro atoms. The third-order valence-corrected chi connectivity index (χ3v) is 19.9. The predicted molar refractivity (Wildman–Crippen MR) is 445 cm³/mol. The highest BCUT2D eigenvalue weighted by atomic mass is 19.4. The minimum absolute atomic E-state index is 0.00156. The van der Waals surface area contributed by atoms with Crippen LogP contribution in [0.25, 0.3) is 138 Å². The lowest BCUT2D eigenvalue weighted by Crippen LogP contribution is -2.17. The Kier molecular flexibility index (Phi) is 21.3. The Bertz CT molecular complexity index is 7450. The zero-order chi connectivity index (χ0) is 87.1. The van der Waals surface area contributed by atoms with Gasteiger partial charge in [-0.1, -0.05) is 115 Å². The fraction of sp³-hybridized carbons (Fsp3) is 0.0204. The average Bonchev–Trinajstić information content (AvgIpc) is 1.55. The van der Waals surface area contributed by atoms with Crippen LogP contribution < -0.4 is 4.74 Å². The van der Waals surface area contributed by atoms with E-state index in [-0.39, 0.29) is 213 Å². The molecule has 0 radical (unpaired) electrons. The van der Waals surface area contributed by atoms with Crippen molar-refractivity contribution >= 4 is 124 Å². The summed E-state index contributed by atoms with van der Waals surface area (Å²) in [6, 6.07) is 65.1. The summed E-state index contributed by atoms with van der Waals surface area (Å²) in [5.41, 5.74) is 7.72. The molecule has 10 aromatic carbocycles. The van der Waals surface area contributed by atoms with Crippen molar-refractivity contribution in [2.24, 2.45) is 0 Å². The first kappa shape index (κ1) is 79.6. The van der Waals surface area contributed by atoms with Crippen LogP contribution in [0.15, 0.2) is 182 Å². The van der Waals surface area contributed by atoms with Crippen molar-refractivity contribution in [3.63, 3.8) is 0 Å². The van der Waals surface area contributed by atoms with Crippen molar-refractivity contribution in [3.05, 3.63) is 424 Å². The first-order valence-electron chi connectivity index (χ1n) is 35.0. The molecule has 14 rings (SSSR count). The molecule has 10 aromatic rings. The second-order valence-corrected chi connectivity index (χ2v) is 26.5. The van der Waals surface area contributed by atoms with Crippen LogP contribution in [0.2, 0.25) is 0 Å². The standard InChI is InChI=1S/C50H14N12.C48H19F3N8O/c1-57-35-15-32(16-36(18-35)58-2)41(25-55)47-39-19-37-38(20-40(39)50(62-6)46(47)30-9-10-43(59-3)44(17-30)60-4)48(49(61-5)33-12-27(21-51)11-28(13-33)22-52)45(42(37)26-56)29-7-8-31(23-53)34(14-29)24-54;1-26-6-8-30(9-7-26)43-44(40(24-54)31-17-33(56-2)19-34(18-31)57-3)38-20-36-37(21-39(38)47(43)59-5)45(46(58-4)32-15-27(22-52)14-28(16-32)23-53)42(41(36)25-55)29-10-12-35(13-11-29)60-48(49,50)51/h7-20H;6-21H,1H3/b47-41-,49-48+;44-40-,46-45+. The topological polar surface area (TPSA) is 291 Å². The molecule has 0 fully saturated rings. The number of aryl methyl sites for hydroxylation is 1. The lowest BCUT2D eigenvalue weighted by molar-refractivity contribution is -0.274. The Morgan fingerprint density at radius 2 is 0.680 bits per heavy atom. The summed E-state index contributed by atoms with van der Waals surface area (Å²) in [5.74, 6) is -0.533. The van der Waals surface area contributed by atoms with Crippen LogP contribution in [-0.2, 0) is 0 Å². The lowest BCUT2D eigenvalue weighted by Gasteiger charge is -2.15. The minimum atomic E-state index is -4.98. The van der Waals surface area contributed by atoms with E-state index in [9.17, 15) is 65.8 Å². The van der Waals surface area contributed by atoms with Gasteiger partial charge in [0.1, 0.15) is 42.2 Å². The molecule has 0 unspecified atom stereocenters. The van der Waals surface area contributed by atoms with Gasteiger partial charge in [0.15, 0.2) is 34.1 Å². The maximum atomic E-state index is 13.2. The molecule has 552 valence electrons. The lowest BCUT2D eigenvalue weighted by atomic mass is 9.87. The average molecular weight is 1560 g/mol. The van der Waals surface area contributed by atoms with Gasteiger partial charge >= 0.3 is 6.36 Å². The van der Waals surface area contributed by atoms with E-state index >= 15 is 0 Å². The number of alkyl halides is 3. The number of rotatable bonds is 9. The van der Waals surface area contributed by atoms with E-state index < -0.39 is 12.1 Å². The number of halogens is 3. The van der Waals surface area contributed by atoms with Gasteiger partial charge in [-0.15, -0.1) is 13.2 Å². The zero-order valence-electron chi connectivity index (χ0n) is 62.3. The van der Waals surface area contributed by atoms with Gasteiger partial charge in [0.25, 0.3) is 0 Å². The Balaban J connectivity index is 0.000000210. The summed E-state index contributed by atoms with van der Waals surface area (Å²) in [6.07, 6.45) is -4.98. The van der Waals surface area contributed by atoms with E-state index in [1.807, 2.05) is 55.5 Å². The Hall–Kier alpha value is -20.5. The van der Waals surface area contributed by atoms with Gasteiger partial charge < -0.3 is 4.74 Å². The van der Waals surface area contributed by atoms with Crippen molar-refractivity contribution in [1.29, 1.82) is 52.6 Å². The van der Waals surface area contributed by atoms with Crippen molar-refractivity contribution < 1.29 is 17.9 Å². The van der Waals surface area contributed by atoms with Gasteiger partial charge in [0, 0.05) is 0 Å². The molecule has 0 bridgehead atoms. The molecule has 0 saturated heterocycles. The molecule has 24 heteroatoms. The number of hydrogen-bond acceptors (Lipinski definition) is 11. The van der Waals surface area contributed by atoms with Crippen molar-refractivity contribution in [1.82, 2.24) is 0 Å². The first-order chi connectivity index (χ1) is 59.1. The smallest absolute Gasteiger partial charge is 0.406 e. The van der Waals surface area contributed by atoms with Gasteiger partial charge in [0.2, 0.25) is 22.8 Å². The molecule has 0 atom stereocenters. The molecule has 0 aliphatic heterocycles. The van der Waals surface area contributed by atoms with E-state index in [2.05, 4.69) is 77.5 Å². The highest BCUT2D eigenvalue weighted by Crippen LogP contribution is 2.60. The van der Waals surface area contributed by atoms with Gasteiger partial charge in [-0.05, 0) is 213 Å². The van der Waals surface area contributed by atoms with Crippen LogP contribution in [-0.4, -0.2) is 6.36 Å². The van der Waals surface area contributed by atoms with Crippen molar-refractivity contribution in [2.75, 3.05) is 0 Å². The van der Waals surface area contributed by atoms with Gasteiger partial charge in [-0.25, -0.2) is 38.8 Å². The normalized spacial score (nSPS) is 13.7. The van der Waals surface area contributed by atoms with Crippen LogP contribution >= 0.6 is 0 Å². The Morgan fingerprint density at radius 3 is 1.05 bits per heavy atom. The number of nitrogens with zero attached hydrogens (tertiary/aromatic N) is 20. The van der Waals surface area contributed by atoms with Crippen LogP contribution in [0.3, 0.4) is 0 Å². The summed E-state index contributed by atoms with van der Waals surface area (Å²) < 4.78 is 43.6. The monoisotopic (exact) mass is 1560 g/mol. The largest absolute Gasteiger partial charge is 0.573 e. The number of fused-ring (bicyclic) bond motifs is 4. The van der Waals surface area contributed by atoms with Crippen LogP contribution in [0, 0.1) is 186 Å². The summed E-state index contributed by atoms with van der Waals surface area (Å²) >= 11 is 0. The molecule has 0 heterocycles. The van der Waals surface area contributed by atoms with E-state index in [0.717, 1.165) is 17.7 Å². The molecule has 21 nitrogen and oxygen atoms in total. The molecule has 0 N–H and O–H groups in total. The quantitative estimate of drug-likeness (QED) is 0.0966. The Morgan fingerprint density at radius 1 is 0.311 bits per heavy atom. The number of ether oxygens (including phenoxy) is 1. The molecule has 0 amide bonds. The number of benzene rings is 10.